The second-order valence-electron chi connectivity index (χ2n) is 6.15. The second-order valence-corrected chi connectivity index (χ2v) is 7.11. The van der Waals surface area contributed by atoms with E-state index in [0.717, 1.165) is 32.9 Å². The number of amides is 1. The predicted molar refractivity (Wildman–Crippen MR) is 106 cm³/mol. The van der Waals surface area contributed by atoms with Crippen molar-refractivity contribution in [1.82, 2.24) is 19.7 Å². The standard InChI is InChI=1S/C19H20N6OS/c1-13-6-4-7-16(14(13)2)25(9-5-8-20)17(26)11-27-19-15-10-23-24(3)18(15)21-12-22-19/h4,6-7,10,12H,5,9,11H2,1-3H3. The molecular weight excluding hydrogens is 360 g/mol. The summed E-state index contributed by atoms with van der Waals surface area (Å²) in [5, 5.41) is 14.7. The molecule has 3 aromatic rings. The summed E-state index contributed by atoms with van der Waals surface area (Å²) in [6, 6.07) is 7.99. The zero-order valence-corrected chi connectivity index (χ0v) is 16.3. The van der Waals surface area contributed by atoms with Gasteiger partial charge in [-0.05, 0) is 31.0 Å². The summed E-state index contributed by atoms with van der Waals surface area (Å²) >= 11 is 1.36. The van der Waals surface area contributed by atoms with Gasteiger partial charge in [0.05, 0.1) is 29.8 Å². The number of anilines is 1. The molecule has 0 radical (unpaired) electrons. The average Bonchev–Trinajstić information content (AvgIpc) is 3.05. The highest BCUT2D eigenvalue weighted by Crippen LogP contribution is 2.27. The summed E-state index contributed by atoms with van der Waals surface area (Å²) in [5.74, 6) is 0.166. The zero-order valence-electron chi connectivity index (χ0n) is 15.5. The maximum Gasteiger partial charge on any atom is 0.237 e. The Balaban J connectivity index is 1.82. The van der Waals surface area contributed by atoms with Crippen LogP contribution in [0.2, 0.25) is 0 Å². The molecule has 0 bridgehead atoms. The molecule has 0 aliphatic heterocycles. The van der Waals surface area contributed by atoms with Gasteiger partial charge in [-0.25, -0.2) is 9.97 Å². The Kier molecular flexibility index (Phi) is 5.72. The quantitative estimate of drug-likeness (QED) is 0.482. The van der Waals surface area contributed by atoms with E-state index in [1.807, 2.05) is 39.1 Å². The maximum absolute atomic E-state index is 13.0. The van der Waals surface area contributed by atoms with Crippen LogP contribution in [0.5, 0.6) is 0 Å². The molecule has 0 fully saturated rings. The largest absolute Gasteiger partial charge is 0.310 e. The number of rotatable bonds is 6. The molecule has 0 atom stereocenters. The molecule has 2 aromatic heterocycles. The number of carbonyl (C=O) groups excluding carboxylic acids is 1. The van der Waals surface area contributed by atoms with E-state index in [2.05, 4.69) is 21.1 Å². The average molecular weight is 380 g/mol. The van der Waals surface area contributed by atoms with Gasteiger partial charge in [0, 0.05) is 19.3 Å². The molecule has 3 rings (SSSR count). The fourth-order valence-electron chi connectivity index (χ4n) is 2.83. The van der Waals surface area contributed by atoms with Gasteiger partial charge in [-0.15, -0.1) is 0 Å². The van der Waals surface area contributed by atoms with Gasteiger partial charge in [0.15, 0.2) is 5.65 Å². The Morgan fingerprint density at radius 2 is 2.15 bits per heavy atom. The van der Waals surface area contributed by atoms with E-state index in [1.165, 1.54) is 18.1 Å². The summed E-state index contributed by atoms with van der Waals surface area (Å²) in [7, 11) is 1.82. The van der Waals surface area contributed by atoms with Crippen LogP contribution in [0.4, 0.5) is 5.69 Å². The first kappa shape index (κ1) is 18.9. The Labute approximate surface area is 162 Å². The molecule has 0 aliphatic carbocycles. The van der Waals surface area contributed by atoms with Crippen LogP contribution in [0.15, 0.2) is 35.7 Å². The smallest absolute Gasteiger partial charge is 0.237 e. The van der Waals surface area contributed by atoms with Crippen LogP contribution < -0.4 is 4.90 Å². The first-order valence-corrected chi connectivity index (χ1v) is 9.50. The van der Waals surface area contributed by atoms with Gasteiger partial charge in [-0.3, -0.25) is 9.48 Å². The van der Waals surface area contributed by atoms with Crippen molar-refractivity contribution in [3.05, 3.63) is 41.9 Å². The third kappa shape index (κ3) is 3.93. The summed E-state index contributed by atoms with van der Waals surface area (Å²) < 4.78 is 1.68. The van der Waals surface area contributed by atoms with Crippen LogP contribution in [-0.4, -0.2) is 38.0 Å². The lowest BCUT2D eigenvalue weighted by atomic mass is 10.1. The Bertz CT molecular complexity index is 1020. The van der Waals surface area contributed by atoms with Gasteiger partial charge in [-0.1, -0.05) is 23.9 Å². The number of nitrogens with zero attached hydrogens (tertiary/aromatic N) is 6. The van der Waals surface area contributed by atoms with Gasteiger partial charge in [0.2, 0.25) is 5.91 Å². The first-order chi connectivity index (χ1) is 13.0. The van der Waals surface area contributed by atoms with E-state index < -0.39 is 0 Å². The summed E-state index contributed by atoms with van der Waals surface area (Å²) in [6.45, 7) is 4.38. The van der Waals surface area contributed by atoms with Crippen molar-refractivity contribution >= 4 is 34.4 Å². The number of thioether (sulfide) groups is 1. The Hall–Kier alpha value is -2.92. The van der Waals surface area contributed by atoms with E-state index in [9.17, 15) is 4.79 Å². The van der Waals surface area contributed by atoms with E-state index in [-0.39, 0.29) is 18.1 Å². The monoisotopic (exact) mass is 380 g/mol. The predicted octanol–water partition coefficient (Wildman–Crippen LogP) is 3.02. The number of hydrogen-bond acceptors (Lipinski definition) is 6. The molecule has 0 aliphatic rings. The normalized spacial score (nSPS) is 10.7. The van der Waals surface area contributed by atoms with Crippen LogP contribution in [-0.2, 0) is 11.8 Å². The van der Waals surface area contributed by atoms with Crippen molar-refractivity contribution in [3.63, 3.8) is 0 Å². The molecule has 7 nitrogen and oxygen atoms in total. The first-order valence-electron chi connectivity index (χ1n) is 8.52. The van der Waals surface area contributed by atoms with Crippen molar-refractivity contribution < 1.29 is 4.79 Å². The van der Waals surface area contributed by atoms with Gasteiger partial charge < -0.3 is 4.90 Å². The Morgan fingerprint density at radius 1 is 1.33 bits per heavy atom. The molecule has 138 valence electrons. The van der Waals surface area contributed by atoms with Crippen molar-refractivity contribution in [1.29, 1.82) is 5.26 Å². The topological polar surface area (TPSA) is 87.7 Å². The minimum atomic E-state index is -0.0559. The zero-order chi connectivity index (χ0) is 19.4. The van der Waals surface area contributed by atoms with Crippen LogP contribution in [0.3, 0.4) is 0 Å². The minimum absolute atomic E-state index is 0.0559. The lowest BCUT2D eigenvalue weighted by molar-refractivity contribution is -0.116. The fraction of sp³-hybridized carbons (Fsp3) is 0.316. The fourth-order valence-corrected chi connectivity index (χ4v) is 3.67. The molecule has 0 saturated heterocycles. The number of hydrogen-bond donors (Lipinski definition) is 0. The van der Waals surface area contributed by atoms with E-state index >= 15 is 0 Å². The highest BCUT2D eigenvalue weighted by molar-refractivity contribution is 8.00. The molecule has 0 unspecified atom stereocenters. The second kappa shape index (κ2) is 8.18. The summed E-state index contributed by atoms with van der Waals surface area (Å²) in [4.78, 5) is 23.2. The molecular formula is C19H20N6OS. The van der Waals surface area contributed by atoms with Crippen molar-refractivity contribution in [2.24, 2.45) is 7.05 Å². The number of benzene rings is 1. The molecule has 0 saturated carbocycles. The van der Waals surface area contributed by atoms with Crippen molar-refractivity contribution in [2.75, 3.05) is 17.2 Å². The third-order valence-electron chi connectivity index (χ3n) is 4.44. The number of nitriles is 1. The highest BCUT2D eigenvalue weighted by atomic mass is 32.2. The number of fused-ring (bicyclic) bond motifs is 1. The van der Waals surface area contributed by atoms with Gasteiger partial charge >= 0.3 is 0 Å². The van der Waals surface area contributed by atoms with Crippen LogP contribution in [0, 0.1) is 25.2 Å². The molecule has 27 heavy (non-hydrogen) atoms. The molecule has 1 aromatic carbocycles. The number of carbonyl (C=O) groups is 1. The van der Waals surface area contributed by atoms with E-state index in [4.69, 9.17) is 5.26 Å². The number of aromatic nitrogens is 4. The Morgan fingerprint density at radius 3 is 2.93 bits per heavy atom. The molecule has 0 spiro atoms. The van der Waals surface area contributed by atoms with Crippen molar-refractivity contribution in [3.8, 4) is 6.07 Å². The molecule has 8 heteroatoms. The lowest BCUT2D eigenvalue weighted by Gasteiger charge is -2.24. The lowest BCUT2D eigenvalue weighted by Crippen LogP contribution is -2.34. The SMILES string of the molecule is Cc1cccc(N(CCC#N)C(=O)CSc2ncnc3c2cnn3C)c1C. The van der Waals surface area contributed by atoms with Crippen LogP contribution in [0.25, 0.3) is 11.0 Å². The maximum atomic E-state index is 13.0. The van der Waals surface area contributed by atoms with Crippen LogP contribution in [0.1, 0.15) is 17.5 Å². The third-order valence-corrected chi connectivity index (χ3v) is 5.43. The van der Waals surface area contributed by atoms with Gasteiger partial charge in [-0.2, -0.15) is 10.4 Å². The van der Waals surface area contributed by atoms with E-state index in [0.29, 0.717) is 6.54 Å². The van der Waals surface area contributed by atoms with Gasteiger partial charge in [0.25, 0.3) is 0 Å². The summed E-state index contributed by atoms with van der Waals surface area (Å²) in [5.41, 5.74) is 3.74. The summed E-state index contributed by atoms with van der Waals surface area (Å²) in [6.07, 6.45) is 3.47. The molecule has 1 amide bonds. The van der Waals surface area contributed by atoms with Crippen molar-refractivity contribution in [2.45, 2.75) is 25.3 Å². The highest BCUT2D eigenvalue weighted by Gasteiger charge is 2.19. The molecule has 2 heterocycles. The number of aryl methyl sites for hydroxylation is 2. The van der Waals surface area contributed by atoms with Crippen LogP contribution >= 0.6 is 11.8 Å². The molecule has 0 N–H and O–H groups in total. The van der Waals surface area contributed by atoms with E-state index in [1.54, 1.807) is 15.8 Å². The minimum Gasteiger partial charge on any atom is -0.310 e. The van der Waals surface area contributed by atoms with Gasteiger partial charge in [0.1, 0.15) is 11.4 Å².